The van der Waals surface area contributed by atoms with E-state index in [9.17, 15) is 14.4 Å². The number of benzene rings is 2. The predicted octanol–water partition coefficient (Wildman–Crippen LogP) is 5.54. The third-order valence-electron chi connectivity index (χ3n) is 6.92. The molecular formula is C35H48N6O7. The number of hydrogen-bond donors (Lipinski definition) is 6. The Kier molecular flexibility index (Phi) is 12.0. The van der Waals surface area contributed by atoms with Gasteiger partial charge in [-0.05, 0) is 102 Å². The van der Waals surface area contributed by atoms with Gasteiger partial charge in [0.25, 0.3) is 0 Å². The third kappa shape index (κ3) is 11.6. The molecule has 0 aliphatic carbocycles. The van der Waals surface area contributed by atoms with Gasteiger partial charge in [-0.2, -0.15) is 0 Å². The molecule has 0 spiro atoms. The second-order valence-electron chi connectivity index (χ2n) is 13.3. The highest BCUT2D eigenvalue weighted by molar-refractivity contribution is 5.85. The van der Waals surface area contributed by atoms with Crippen LogP contribution in [0.25, 0.3) is 21.8 Å². The maximum absolute atomic E-state index is 12.3. The number of hydrogen-bond acceptors (Lipinski definition) is 7. The Morgan fingerprint density at radius 3 is 1.42 bits per heavy atom. The van der Waals surface area contributed by atoms with Crippen LogP contribution < -0.4 is 30.7 Å². The lowest BCUT2D eigenvalue weighted by Gasteiger charge is -2.19. The van der Waals surface area contributed by atoms with Crippen LogP contribution in [0.1, 0.15) is 52.7 Å². The first-order valence-corrected chi connectivity index (χ1v) is 16.2. The number of carbonyl (C=O) groups excluding carboxylic acids is 3. The molecule has 0 atom stereocenters. The van der Waals surface area contributed by atoms with Crippen molar-refractivity contribution >= 4 is 40.0 Å². The van der Waals surface area contributed by atoms with Crippen molar-refractivity contribution in [1.82, 2.24) is 31.2 Å². The van der Waals surface area contributed by atoms with Crippen molar-refractivity contribution in [3.8, 4) is 11.5 Å². The Morgan fingerprint density at radius 2 is 1.02 bits per heavy atom. The summed E-state index contributed by atoms with van der Waals surface area (Å²) in [4.78, 5) is 42.6. The molecule has 4 rings (SSSR count). The number of aromatic nitrogens is 2. The molecule has 4 amide bonds. The standard InChI is InChI=1S/C35H48N6O7/c1-34(2,3)47-32(43)38-13-11-23-21-40-29-9-7-25(19-27(23)29)45-17-15-36-31(42)37-16-18-46-26-8-10-30-28(20-26)24(22-41-30)12-14-39-33(44)48-35(4,5)6/h7-10,19-22,40-41H,11-18H2,1-6H3,(H,38,43)(H,39,44)(H2,36,37,42). The molecule has 48 heavy (non-hydrogen) atoms. The number of ether oxygens (including phenoxy) is 4. The number of fused-ring (bicyclic) bond motifs is 2. The monoisotopic (exact) mass is 664 g/mol. The number of alkyl carbamates (subject to hydrolysis) is 2. The van der Waals surface area contributed by atoms with Crippen molar-refractivity contribution in [2.75, 3.05) is 39.4 Å². The fraction of sp³-hybridized carbons (Fsp3) is 0.457. The van der Waals surface area contributed by atoms with Crippen LogP contribution in [0.2, 0.25) is 0 Å². The Balaban J connectivity index is 1.13. The maximum Gasteiger partial charge on any atom is 0.407 e. The molecule has 2 heterocycles. The summed E-state index contributed by atoms with van der Waals surface area (Å²) in [5, 5.41) is 13.1. The minimum atomic E-state index is -0.543. The zero-order valence-electron chi connectivity index (χ0n) is 28.6. The first kappa shape index (κ1) is 35.8. The van der Waals surface area contributed by atoms with Gasteiger partial charge in [0.15, 0.2) is 0 Å². The van der Waals surface area contributed by atoms with Gasteiger partial charge in [0, 0.05) is 47.3 Å². The summed E-state index contributed by atoms with van der Waals surface area (Å²) < 4.78 is 22.3. The predicted molar refractivity (Wildman–Crippen MR) is 185 cm³/mol. The minimum absolute atomic E-state index is 0.293. The van der Waals surface area contributed by atoms with Crippen molar-refractivity contribution in [2.24, 2.45) is 0 Å². The zero-order chi connectivity index (χ0) is 34.7. The van der Waals surface area contributed by atoms with E-state index in [-0.39, 0.29) is 6.03 Å². The summed E-state index contributed by atoms with van der Waals surface area (Å²) in [6.07, 6.45) is 4.22. The molecule has 13 heteroatoms. The van der Waals surface area contributed by atoms with E-state index in [2.05, 4.69) is 31.2 Å². The van der Waals surface area contributed by atoms with Gasteiger partial charge in [-0.25, -0.2) is 14.4 Å². The van der Waals surface area contributed by atoms with E-state index in [1.54, 1.807) is 0 Å². The Labute approximate surface area is 280 Å². The molecule has 0 aliphatic heterocycles. The van der Waals surface area contributed by atoms with Crippen molar-refractivity contribution in [1.29, 1.82) is 0 Å². The van der Waals surface area contributed by atoms with Gasteiger partial charge < -0.3 is 50.2 Å². The molecule has 260 valence electrons. The first-order valence-electron chi connectivity index (χ1n) is 16.2. The summed E-state index contributed by atoms with van der Waals surface area (Å²) in [5.41, 5.74) is 2.95. The van der Waals surface area contributed by atoms with Crippen LogP contribution >= 0.6 is 0 Å². The Hall–Kier alpha value is -5.07. The summed E-state index contributed by atoms with van der Waals surface area (Å²) in [6, 6.07) is 11.2. The second-order valence-corrected chi connectivity index (χ2v) is 13.3. The lowest BCUT2D eigenvalue weighted by atomic mass is 10.1. The first-order chi connectivity index (χ1) is 22.8. The van der Waals surface area contributed by atoms with E-state index < -0.39 is 23.4 Å². The number of urea groups is 1. The zero-order valence-corrected chi connectivity index (χ0v) is 28.6. The lowest BCUT2D eigenvalue weighted by molar-refractivity contribution is 0.0517. The van der Waals surface area contributed by atoms with Gasteiger partial charge in [0.05, 0.1) is 13.1 Å². The summed E-state index contributed by atoms with van der Waals surface area (Å²) in [5.74, 6) is 1.36. The highest BCUT2D eigenvalue weighted by Crippen LogP contribution is 2.25. The fourth-order valence-corrected chi connectivity index (χ4v) is 4.86. The Morgan fingerprint density at radius 1 is 0.604 bits per heavy atom. The highest BCUT2D eigenvalue weighted by Gasteiger charge is 2.17. The van der Waals surface area contributed by atoms with E-state index in [4.69, 9.17) is 18.9 Å². The molecule has 2 aromatic heterocycles. The molecule has 0 fully saturated rings. The van der Waals surface area contributed by atoms with Gasteiger partial charge in [-0.15, -0.1) is 0 Å². The molecule has 4 aromatic rings. The van der Waals surface area contributed by atoms with Crippen molar-refractivity contribution in [3.05, 3.63) is 59.9 Å². The fourth-order valence-electron chi connectivity index (χ4n) is 4.86. The van der Waals surface area contributed by atoms with Gasteiger partial charge >= 0.3 is 18.2 Å². The van der Waals surface area contributed by atoms with Gasteiger partial charge in [0.1, 0.15) is 35.9 Å². The number of nitrogens with one attached hydrogen (secondary N) is 6. The van der Waals surface area contributed by atoms with Crippen LogP contribution in [-0.4, -0.2) is 78.8 Å². The van der Waals surface area contributed by atoms with Crippen molar-refractivity contribution in [3.63, 3.8) is 0 Å². The molecule has 0 aliphatic rings. The topological polar surface area (TPSA) is 168 Å². The molecule has 2 aromatic carbocycles. The largest absolute Gasteiger partial charge is 0.492 e. The van der Waals surface area contributed by atoms with Crippen LogP contribution in [0, 0.1) is 0 Å². The van der Waals surface area contributed by atoms with E-state index in [1.807, 2.05) is 90.3 Å². The number of H-pyrrole nitrogens is 2. The number of aromatic amines is 2. The molecule has 0 saturated carbocycles. The molecule has 0 bridgehead atoms. The SMILES string of the molecule is CC(C)(C)OC(=O)NCCc1c[nH]c2ccc(OCCNC(=O)NCCOc3ccc4[nH]cc(CCNC(=O)OC(C)(C)C)c4c3)cc12. The van der Waals surface area contributed by atoms with Gasteiger partial charge in [0.2, 0.25) is 0 Å². The van der Waals surface area contributed by atoms with Crippen molar-refractivity contribution in [2.45, 2.75) is 65.6 Å². The lowest BCUT2D eigenvalue weighted by Crippen LogP contribution is -2.39. The van der Waals surface area contributed by atoms with E-state index in [1.165, 1.54) is 0 Å². The quantitative estimate of drug-likeness (QED) is 0.0963. The van der Waals surface area contributed by atoms with E-state index in [0.717, 1.165) is 32.9 Å². The smallest absolute Gasteiger partial charge is 0.407 e. The van der Waals surface area contributed by atoms with E-state index in [0.29, 0.717) is 63.7 Å². The summed E-state index contributed by atoms with van der Waals surface area (Å²) in [6.45, 7) is 13.1. The molecule has 13 nitrogen and oxygen atoms in total. The number of amides is 4. The molecule has 0 radical (unpaired) electrons. The van der Waals surface area contributed by atoms with Gasteiger partial charge in [-0.3, -0.25) is 0 Å². The van der Waals surface area contributed by atoms with Crippen LogP contribution in [0.3, 0.4) is 0 Å². The van der Waals surface area contributed by atoms with Crippen molar-refractivity contribution < 1.29 is 33.3 Å². The molecule has 6 N–H and O–H groups in total. The molecule has 0 saturated heterocycles. The summed E-state index contributed by atoms with van der Waals surface area (Å²) >= 11 is 0. The summed E-state index contributed by atoms with van der Waals surface area (Å²) in [7, 11) is 0. The average molecular weight is 665 g/mol. The maximum atomic E-state index is 12.3. The Bertz CT molecular complexity index is 1560. The minimum Gasteiger partial charge on any atom is -0.492 e. The average Bonchev–Trinajstić information content (AvgIpc) is 3.59. The second kappa shape index (κ2) is 16.2. The highest BCUT2D eigenvalue weighted by atomic mass is 16.6. The third-order valence-corrected chi connectivity index (χ3v) is 6.92. The molecule has 0 unspecified atom stereocenters. The number of rotatable bonds is 14. The van der Waals surface area contributed by atoms with Crippen LogP contribution in [-0.2, 0) is 22.3 Å². The number of carbonyl (C=O) groups is 3. The molecular weight excluding hydrogens is 616 g/mol. The van der Waals surface area contributed by atoms with Crippen LogP contribution in [0.15, 0.2) is 48.8 Å². The van der Waals surface area contributed by atoms with Crippen LogP contribution in [0.4, 0.5) is 14.4 Å². The van der Waals surface area contributed by atoms with Gasteiger partial charge in [-0.1, -0.05) is 0 Å². The normalized spacial score (nSPS) is 11.6. The van der Waals surface area contributed by atoms with Crippen LogP contribution in [0.5, 0.6) is 11.5 Å². The van der Waals surface area contributed by atoms with E-state index >= 15 is 0 Å².